The molecule has 1 aromatic heterocycles. The number of anilines is 1. The van der Waals surface area contributed by atoms with Gasteiger partial charge in [0.1, 0.15) is 5.69 Å². The van der Waals surface area contributed by atoms with Crippen molar-refractivity contribution in [2.24, 2.45) is 7.05 Å². The van der Waals surface area contributed by atoms with E-state index in [-0.39, 0.29) is 19.1 Å². The number of morpholine rings is 1. The van der Waals surface area contributed by atoms with E-state index in [0.29, 0.717) is 30.0 Å². The summed E-state index contributed by atoms with van der Waals surface area (Å²) in [5.74, 6) is -0.737. The van der Waals surface area contributed by atoms with E-state index in [9.17, 15) is 9.59 Å². The second kappa shape index (κ2) is 6.13. The third-order valence-corrected chi connectivity index (χ3v) is 3.52. The van der Waals surface area contributed by atoms with Crippen LogP contribution in [0.4, 0.5) is 5.69 Å². The zero-order valence-corrected chi connectivity index (χ0v) is 12.5. The Morgan fingerprint density at radius 1 is 1.52 bits per heavy atom. The molecule has 2 N–H and O–H groups in total. The maximum atomic E-state index is 12.6. The Kier molecular flexibility index (Phi) is 4.46. The van der Waals surface area contributed by atoms with Crippen LogP contribution in [0.5, 0.6) is 0 Å². The molecule has 21 heavy (non-hydrogen) atoms. The van der Waals surface area contributed by atoms with Crippen LogP contribution in [0.2, 0.25) is 0 Å². The fourth-order valence-electron chi connectivity index (χ4n) is 2.37. The first-order chi connectivity index (χ1) is 9.99. The zero-order chi connectivity index (χ0) is 15.6. The number of nitrogens with two attached hydrogens (primary N) is 1. The molecule has 8 heteroatoms. The van der Waals surface area contributed by atoms with Gasteiger partial charge < -0.3 is 20.1 Å². The quantitative estimate of drug-likeness (QED) is 0.760. The Hall–Kier alpha value is -2.09. The fourth-order valence-corrected chi connectivity index (χ4v) is 2.37. The van der Waals surface area contributed by atoms with Crippen LogP contribution in [0.1, 0.15) is 23.1 Å². The normalized spacial score (nSPS) is 18.6. The minimum atomic E-state index is -0.757. The Labute approximate surface area is 122 Å². The standard InChI is InChI=1S/C13H20N4O4/c1-4-8-10(14)11(16(2)15-8)12(18)17-5-6-21-9(7-17)13(19)20-3/h9H,4-7,14H2,1-3H3. The van der Waals surface area contributed by atoms with Gasteiger partial charge in [0.2, 0.25) is 0 Å². The number of amides is 1. The molecule has 0 saturated carbocycles. The summed E-state index contributed by atoms with van der Waals surface area (Å²) in [4.78, 5) is 25.7. The van der Waals surface area contributed by atoms with Crippen LogP contribution in [-0.4, -0.2) is 59.5 Å². The van der Waals surface area contributed by atoms with Gasteiger partial charge >= 0.3 is 5.97 Å². The molecule has 116 valence electrons. The van der Waals surface area contributed by atoms with E-state index < -0.39 is 12.1 Å². The Bertz CT molecular complexity index is 555. The first-order valence-electron chi connectivity index (χ1n) is 6.79. The third kappa shape index (κ3) is 2.85. The Morgan fingerprint density at radius 2 is 2.24 bits per heavy atom. The number of aromatic nitrogens is 2. The smallest absolute Gasteiger partial charge is 0.336 e. The van der Waals surface area contributed by atoms with Crippen LogP contribution in [0.3, 0.4) is 0 Å². The molecule has 1 atom stereocenters. The number of nitrogen functional groups attached to an aromatic ring is 1. The van der Waals surface area contributed by atoms with Gasteiger partial charge in [-0.3, -0.25) is 9.48 Å². The molecule has 1 amide bonds. The SMILES string of the molecule is CCc1nn(C)c(C(=O)N2CCOC(C(=O)OC)C2)c1N. The first-order valence-corrected chi connectivity index (χ1v) is 6.79. The van der Waals surface area contributed by atoms with Crippen molar-refractivity contribution in [2.45, 2.75) is 19.4 Å². The lowest BCUT2D eigenvalue weighted by Gasteiger charge is -2.31. The van der Waals surface area contributed by atoms with E-state index in [4.69, 9.17) is 10.5 Å². The molecule has 8 nitrogen and oxygen atoms in total. The van der Waals surface area contributed by atoms with Crippen LogP contribution in [0, 0.1) is 0 Å². The lowest BCUT2D eigenvalue weighted by molar-refractivity contribution is -0.158. The summed E-state index contributed by atoms with van der Waals surface area (Å²) in [5.41, 5.74) is 7.42. The molecule has 1 unspecified atom stereocenters. The number of rotatable bonds is 3. The summed E-state index contributed by atoms with van der Waals surface area (Å²) in [6, 6.07) is 0. The van der Waals surface area contributed by atoms with E-state index in [2.05, 4.69) is 9.84 Å². The monoisotopic (exact) mass is 296 g/mol. The number of hydrogen-bond donors (Lipinski definition) is 1. The number of carbonyl (C=O) groups excluding carboxylic acids is 2. The van der Waals surface area contributed by atoms with Crippen molar-refractivity contribution in [2.75, 3.05) is 32.5 Å². The predicted octanol–water partition coefficient (Wildman–Crippen LogP) is -0.421. The van der Waals surface area contributed by atoms with Crippen molar-refractivity contribution in [3.63, 3.8) is 0 Å². The van der Waals surface area contributed by atoms with Gasteiger partial charge in [-0.05, 0) is 6.42 Å². The number of methoxy groups -OCH3 is 1. The van der Waals surface area contributed by atoms with Crippen LogP contribution >= 0.6 is 0 Å². The summed E-state index contributed by atoms with van der Waals surface area (Å²) in [7, 11) is 2.97. The summed E-state index contributed by atoms with van der Waals surface area (Å²) < 4.78 is 11.4. The summed E-state index contributed by atoms with van der Waals surface area (Å²) >= 11 is 0. The van der Waals surface area contributed by atoms with Gasteiger partial charge in [0, 0.05) is 13.6 Å². The highest BCUT2D eigenvalue weighted by Crippen LogP contribution is 2.20. The van der Waals surface area contributed by atoms with Crippen molar-refractivity contribution in [1.29, 1.82) is 0 Å². The van der Waals surface area contributed by atoms with Crippen LogP contribution < -0.4 is 5.73 Å². The molecule has 1 aliphatic rings. The number of nitrogens with zero attached hydrogens (tertiary/aromatic N) is 3. The summed E-state index contributed by atoms with van der Waals surface area (Å²) in [5, 5.41) is 4.24. The van der Waals surface area contributed by atoms with E-state index in [0.717, 1.165) is 0 Å². The number of hydrogen-bond acceptors (Lipinski definition) is 6. The Morgan fingerprint density at radius 3 is 2.81 bits per heavy atom. The second-order valence-electron chi connectivity index (χ2n) is 4.82. The van der Waals surface area contributed by atoms with E-state index in [1.54, 1.807) is 7.05 Å². The van der Waals surface area contributed by atoms with Gasteiger partial charge in [-0.15, -0.1) is 0 Å². The molecule has 1 aliphatic heterocycles. The summed E-state index contributed by atoms with van der Waals surface area (Å²) in [6.45, 7) is 2.76. The van der Waals surface area contributed by atoms with Crippen molar-refractivity contribution in [3.05, 3.63) is 11.4 Å². The molecular formula is C13H20N4O4. The first kappa shape index (κ1) is 15.3. The molecule has 0 bridgehead atoms. The second-order valence-corrected chi connectivity index (χ2v) is 4.82. The maximum absolute atomic E-state index is 12.6. The van der Waals surface area contributed by atoms with Crippen molar-refractivity contribution in [1.82, 2.24) is 14.7 Å². The predicted molar refractivity (Wildman–Crippen MR) is 74.7 cm³/mol. The molecule has 1 aromatic rings. The number of carbonyl (C=O) groups is 2. The van der Waals surface area contributed by atoms with E-state index in [1.807, 2.05) is 6.92 Å². The third-order valence-electron chi connectivity index (χ3n) is 3.52. The molecule has 1 saturated heterocycles. The van der Waals surface area contributed by atoms with Crippen molar-refractivity contribution < 1.29 is 19.1 Å². The minimum absolute atomic E-state index is 0.150. The summed E-state index contributed by atoms with van der Waals surface area (Å²) in [6.07, 6.45) is -0.103. The molecule has 0 spiro atoms. The topological polar surface area (TPSA) is 99.7 Å². The van der Waals surface area contributed by atoms with Crippen LogP contribution in [0.15, 0.2) is 0 Å². The highest BCUT2D eigenvalue weighted by atomic mass is 16.6. The average molecular weight is 296 g/mol. The average Bonchev–Trinajstić information content (AvgIpc) is 2.80. The van der Waals surface area contributed by atoms with Gasteiger partial charge in [0.05, 0.1) is 31.6 Å². The van der Waals surface area contributed by atoms with Gasteiger partial charge in [-0.2, -0.15) is 5.10 Å². The van der Waals surface area contributed by atoms with E-state index in [1.165, 1.54) is 16.7 Å². The van der Waals surface area contributed by atoms with Crippen molar-refractivity contribution in [3.8, 4) is 0 Å². The highest BCUT2D eigenvalue weighted by Gasteiger charge is 2.32. The van der Waals surface area contributed by atoms with Crippen molar-refractivity contribution >= 4 is 17.6 Å². The van der Waals surface area contributed by atoms with E-state index >= 15 is 0 Å². The molecule has 0 aliphatic carbocycles. The molecule has 0 radical (unpaired) electrons. The van der Waals surface area contributed by atoms with Crippen LogP contribution in [-0.2, 0) is 27.7 Å². The fraction of sp³-hybridized carbons (Fsp3) is 0.615. The molecule has 2 heterocycles. The number of ether oxygens (including phenoxy) is 2. The molecule has 2 rings (SSSR count). The van der Waals surface area contributed by atoms with Gasteiger partial charge in [-0.1, -0.05) is 6.92 Å². The lowest BCUT2D eigenvalue weighted by atomic mass is 10.2. The van der Waals surface area contributed by atoms with Crippen LogP contribution in [0.25, 0.3) is 0 Å². The van der Waals surface area contributed by atoms with Gasteiger partial charge in [0.15, 0.2) is 6.10 Å². The zero-order valence-electron chi connectivity index (χ0n) is 12.5. The molecule has 1 fully saturated rings. The molecule has 0 aromatic carbocycles. The number of esters is 1. The highest BCUT2D eigenvalue weighted by molar-refractivity contribution is 5.98. The largest absolute Gasteiger partial charge is 0.467 e. The lowest BCUT2D eigenvalue weighted by Crippen LogP contribution is -2.49. The minimum Gasteiger partial charge on any atom is -0.467 e. The molecular weight excluding hydrogens is 276 g/mol. The maximum Gasteiger partial charge on any atom is 0.336 e. The Balaban J connectivity index is 2.20. The van der Waals surface area contributed by atoms with Gasteiger partial charge in [-0.25, -0.2) is 4.79 Å². The van der Waals surface area contributed by atoms with Gasteiger partial charge in [0.25, 0.3) is 5.91 Å². The number of aryl methyl sites for hydroxylation is 2.